The predicted molar refractivity (Wildman–Crippen MR) is 65.2 cm³/mol. The minimum atomic E-state index is -3.82. The van der Waals surface area contributed by atoms with E-state index in [0.717, 1.165) is 0 Å². The number of esters is 1. The van der Waals surface area contributed by atoms with Crippen LogP contribution in [0.3, 0.4) is 0 Å². The molecule has 0 atom stereocenters. The molecule has 0 bridgehead atoms. The van der Waals surface area contributed by atoms with Gasteiger partial charge in [-0.1, -0.05) is 0 Å². The summed E-state index contributed by atoms with van der Waals surface area (Å²) in [7, 11) is 1.40. The lowest BCUT2D eigenvalue weighted by atomic mass is 10.2. The molecule has 0 aliphatic carbocycles. The number of benzene rings is 1. The van der Waals surface area contributed by atoms with E-state index < -0.39 is 15.0 Å². The highest BCUT2D eigenvalue weighted by Gasteiger charge is 2.16. The SMILES string of the molecule is CCOC(=O)c1cc2ccc(S(=O)(=O)Cl)cc2o1. The molecule has 96 valence electrons. The largest absolute Gasteiger partial charge is 0.460 e. The Balaban J connectivity index is 2.49. The van der Waals surface area contributed by atoms with Gasteiger partial charge in [-0.15, -0.1) is 0 Å². The lowest BCUT2D eigenvalue weighted by Gasteiger charge is -1.96. The first-order valence-corrected chi connectivity index (χ1v) is 7.38. The molecule has 5 nitrogen and oxygen atoms in total. The highest BCUT2D eigenvalue weighted by Crippen LogP contribution is 2.25. The number of carbonyl (C=O) groups excluding carboxylic acids is 1. The van der Waals surface area contributed by atoms with Crippen LogP contribution in [0.5, 0.6) is 0 Å². The van der Waals surface area contributed by atoms with Crippen LogP contribution in [0.2, 0.25) is 0 Å². The maximum Gasteiger partial charge on any atom is 0.374 e. The molecule has 0 spiro atoms. The third kappa shape index (κ3) is 2.49. The molecule has 1 heterocycles. The fourth-order valence-electron chi connectivity index (χ4n) is 1.47. The summed E-state index contributed by atoms with van der Waals surface area (Å²) in [5.74, 6) is -0.569. The Morgan fingerprint density at radius 3 is 2.72 bits per heavy atom. The van der Waals surface area contributed by atoms with Gasteiger partial charge in [-0.2, -0.15) is 0 Å². The van der Waals surface area contributed by atoms with Crippen molar-refractivity contribution >= 4 is 36.7 Å². The van der Waals surface area contributed by atoms with Crippen molar-refractivity contribution in [2.24, 2.45) is 0 Å². The zero-order chi connectivity index (χ0) is 13.3. The Labute approximate surface area is 108 Å². The van der Waals surface area contributed by atoms with Crippen molar-refractivity contribution in [2.75, 3.05) is 6.61 Å². The Bertz CT molecular complexity index is 701. The molecular weight excluding hydrogens is 280 g/mol. The number of carbonyl (C=O) groups is 1. The van der Waals surface area contributed by atoms with Crippen LogP contribution >= 0.6 is 10.7 Å². The Kier molecular flexibility index (Phi) is 3.32. The van der Waals surface area contributed by atoms with Crippen LogP contribution in [-0.4, -0.2) is 21.0 Å². The van der Waals surface area contributed by atoms with Crippen molar-refractivity contribution in [3.8, 4) is 0 Å². The highest BCUT2D eigenvalue weighted by atomic mass is 35.7. The summed E-state index contributed by atoms with van der Waals surface area (Å²) >= 11 is 0. The number of hydrogen-bond acceptors (Lipinski definition) is 5. The minimum Gasteiger partial charge on any atom is -0.460 e. The third-order valence-electron chi connectivity index (χ3n) is 2.25. The second-order valence-corrected chi connectivity index (χ2v) is 6.03. The summed E-state index contributed by atoms with van der Waals surface area (Å²) < 4.78 is 32.3. The average molecular weight is 289 g/mol. The van der Waals surface area contributed by atoms with Crippen molar-refractivity contribution in [1.82, 2.24) is 0 Å². The Morgan fingerprint density at radius 2 is 2.11 bits per heavy atom. The molecule has 0 unspecified atom stereocenters. The molecule has 2 rings (SSSR count). The lowest BCUT2D eigenvalue weighted by molar-refractivity contribution is 0.0492. The van der Waals surface area contributed by atoms with Gasteiger partial charge in [-0.05, 0) is 25.1 Å². The molecule has 18 heavy (non-hydrogen) atoms. The molecule has 0 N–H and O–H groups in total. The Hall–Kier alpha value is -1.53. The number of furan rings is 1. The van der Waals surface area contributed by atoms with E-state index in [-0.39, 0.29) is 22.8 Å². The number of rotatable bonds is 3. The first kappa shape index (κ1) is 12.9. The second-order valence-electron chi connectivity index (χ2n) is 3.47. The zero-order valence-corrected chi connectivity index (χ0v) is 10.9. The molecule has 0 aliphatic rings. The van der Waals surface area contributed by atoms with E-state index in [2.05, 4.69) is 0 Å². The summed E-state index contributed by atoms with van der Waals surface area (Å²) in [4.78, 5) is 11.4. The van der Waals surface area contributed by atoms with Gasteiger partial charge in [0.1, 0.15) is 5.58 Å². The lowest BCUT2D eigenvalue weighted by Crippen LogP contribution is -2.02. The monoisotopic (exact) mass is 288 g/mol. The van der Waals surface area contributed by atoms with E-state index >= 15 is 0 Å². The molecular formula is C11H9ClO5S. The van der Waals surface area contributed by atoms with Crippen molar-refractivity contribution < 1.29 is 22.4 Å². The molecule has 0 fully saturated rings. The highest BCUT2D eigenvalue weighted by molar-refractivity contribution is 8.13. The second kappa shape index (κ2) is 4.62. The van der Waals surface area contributed by atoms with Gasteiger partial charge in [-0.25, -0.2) is 13.2 Å². The quantitative estimate of drug-likeness (QED) is 0.641. The van der Waals surface area contributed by atoms with Gasteiger partial charge in [0.25, 0.3) is 9.05 Å². The molecule has 2 aromatic rings. The van der Waals surface area contributed by atoms with Gasteiger partial charge in [0.15, 0.2) is 0 Å². The van der Waals surface area contributed by atoms with E-state index in [0.29, 0.717) is 5.39 Å². The van der Waals surface area contributed by atoms with E-state index in [4.69, 9.17) is 19.8 Å². The standard InChI is InChI=1S/C11H9ClO5S/c1-2-16-11(13)10-5-7-3-4-8(18(12,14)15)6-9(7)17-10/h3-6H,2H2,1H3. The van der Waals surface area contributed by atoms with Crippen LogP contribution in [0.4, 0.5) is 0 Å². The smallest absolute Gasteiger partial charge is 0.374 e. The number of hydrogen-bond donors (Lipinski definition) is 0. The van der Waals surface area contributed by atoms with Gasteiger partial charge in [0, 0.05) is 22.1 Å². The molecule has 1 aromatic heterocycles. The van der Waals surface area contributed by atoms with Crippen LogP contribution in [0.25, 0.3) is 11.0 Å². The zero-order valence-electron chi connectivity index (χ0n) is 9.34. The van der Waals surface area contributed by atoms with E-state index in [1.807, 2.05) is 0 Å². The normalized spacial score (nSPS) is 11.7. The molecule has 7 heteroatoms. The van der Waals surface area contributed by atoms with Crippen LogP contribution in [0.15, 0.2) is 33.6 Å². The number of fused-ring (bicyclic) bond motifs is 1. The summed E-state index contributed by atoms with van der Waals surface area (Å²) in [6.07, 6.45) is 0. The van der Waals surface area contributed by atoms with Crippen molar-refractivity contribution in [1.29, 1.82) is 0 Å². The predicted octanol–water partition coefficient (Wildman–Crippen LogP) is 2.54. The fraction of sp³-hybridized carbons (Fsp3) is 0.182. The van der Waals surface area contributed by atoms with Gasteiger partial charge < -0.3 is 9.15 Å². The van der Waals surface area contributed by atoms with E-state index in [1.165, 1.54) is 24.3 Å². The van der Waals surface area contributed by atoms with E-state index in [1.54, 1.807) is 6.92 Å². The molecule has 0 aliphatic heterocycles. The van der Waals surface area contributed by atoms with Crippen LogP contribution in [0, 0.1) is 0 Å². The molecule has 0 amide bonds. The summed E-state index contributed by atoms with van der Waals surface area (Å²) in [5, 5.41) is 0.599. The van der Waals surface area contributed by atoms with Crippen LogP contribution < -0.4 is 0 Å². The van der Waals surface area contributed by atoms with Crippen LogP contribution in [0.1, 0.15) is 17.5 Å². The summed E-state index contributed by atoms with van der Waals surface area (Å²) in [6.45, 7) is 1.91. The van der Waals surface area contributed by atoms with Crippen LogP contribution in [-0.2, 0) is 13.8 Å². The van der Waals surface area contributed by atoms with Gasteiger partial charge in [-0.3, -0.25) is 0 Å². The van der Waals surface area contributed by atoms with Crippen molar-refractivity contribution in [3.05, 3.63) is 30.0 Å². The number of ether oxygens (including phenoxy) is 1. The van der Waals surface area contributed by atoms with Gasteiger partial charge in [0.2, 0.25) is 5.76 Å². The topological polar surface area (TPSA) is 73.6 Å². The van der Waals surface area contributed by atoms with Gasteiger partial charge >= 0.3 is 5.97 Å². The third-order valence-corrected chi connectivity index (χ3v) is 3.60. The average Bonchev–Trinajstić information content (AvgIpc) is 2.70. The minimum absolute atomic E-state index is 0.0240. The van der Waals surface area contributed by atoms with Crippen molar-refractivity contribution in [3.63, 3.8) is 0 Å². The first-order valence-electron chi connectivity index (χ1n) is 5.07. The molecule has 0 saturated carbocycles. The Morgan fingerprint density at radius 1 is 1.39 bits per heavy atom. The summed E-state index contributed by atoms with van der Waals surface area (Å²) in [6, 6.07) is 5.60. The molecule has 0 saturated heterocycles. The maximum absolute atomic E-state index is 11.4. The molecule has 1 aromatic carbocycles. The first-order chi connectivity index (χ1) is 8.41. The maximum atomic E-state index is 11.4. The van der Waals surface area contributed by atoms with Crippen molar-refractivity contribution in [2.45, 2.75) is 11.8 Å². The van der Waals surface area contributed by atoms with E-state index in [9.17, 15) is 13.2 Å². The van der Waals surface area contributed by atoms with Gasteiger partial charge in [0.05, 0.1) is 11.5 Å². The fourth-order valence-corrected chi connectivity index (χ4v) is 2.23. The summed E-state index contributed by atoms with van der Waals surface area (Å²) in [5.41, 5.74) is 0.264. The number of halogens is 1. The molecule has 0 radical (unpaired) electrons.